The third-order valence-corrected chi connectivity index (χ3v) is 11.1. The number of hydrogen-bond donors (Lipinski definition) is 0. The van der Waals surface area contributed by atoms with E-state index in [0.717, 1.165) is 48.4 Å². The third kappa shape index (κ3) is 8.32. The van der Waals surface area contributed by atoms with Crippen molar-refractivity contribution < 1.29 is 9.85 Å². The Kier molecular flexibility index (Phi) is 11.4. The first kappa shape index (κ1) is 36.5. The lowest BCUT2D eigenvalue weighted by molar-refractivity contribution is -0.385. The van der Waals surface area contributed by atoms with Crippen LogP contribution in [0, 0.1) is 45.9 Å². The molecule has 0 aromatic heterocycles. The van der Waals surface area contributed by atoms with Gasteiger partial charge in [-0.05, 0) is 93.9 Å². The number of aliphatic imine (C=N–C) groups is 2. The number of nitro groups is 2. The van der Waals surface area contributed by atoms with Crippen molar-refractivity contribution in [2.45, 2.75) is 136 Å². The van der Waals surface area contributed by atoms with Crippen molar-refractivity contribution in [1.29, 1.82) is 0 Å². The molecule has 0 N–H and O–H groups in total. The standard InChI is InChI=1S/C20H29N3O2.C19H27N3O2/c1-15(2)14-22-19(7-6-12-20(22)10-4-5-11-20)21-18-9-8-17(23(24)25)13-16(18)3;1-14(2)13-21-18(8-11-19(21)9-4-5-10-19)20-17-7-6-16(22(23)24)12-15(17)3/h8-9,13,15H,4-7,10-12,14H2,1-3H3;6-7,12,14H,4-5,8-11,13H2,1-3H3. The van der Waals surface area contributed by atoms with Gasteiger partial charge < -0.3 is 9.80 Å². The normalized spacial score (nSPS) is 21.4. The van der Waals surface area contributed by atoms with Gasteiger partial charge in [-0.1, -0.05) is 53.4 Å². The smallest absolute Gasteiger partial charge is 0.269 e. The van der Waals surface area contributed by atoms with Gasteiger partial charge in [0.2, 0.25) is 0 Å². The van der Waals surface area contributed by atoms with Gasteiger partial charge >= 0.3 is 0 Å². The van der Waals surface area contributed by atoms with Crippen molar-refractivity contribution in [1.82, 2.24) is 9.80 Å². The zero-order valence-electron chi connectivity index (χ0n) is 30.5. The van der Waals surface area contributed by atoms with Gasteiger partial charge in [0.1, 0.15) is 11.7 Å². The molecule has 2 spiro atoms. The Morgan fingerprint density at radius 2 is 1.02 bits per heavy atom. The molecule has 2 heterocycles. The summed E-state index contributed by atoms with van der Waals surface area (Å²) in [6.07, 6.45) is 16.1. The Bertz CT molecular complexity index is 1570. The molecule has 0 atom stereocenters. The monoisotopic (exact) mass is 672 g/mol. The predicted octanol–water partition coefficient (Wildman–Crippen LogP) is 10.4. The van der Waals surface area contributed by atoms with Crippen LogP contribution in [0.4, 0.5) is 22.7 Å². The number of nitro benzene ring substituents is 2. The summed E-state index contributed by atoms with van der Waals surface area (Å²) >= 11 is 0. The molecular formula is C39H56N6O4. The minimum absolute atomic E-state index is 0.133. The second-order valence-electron chi connectivity index (χ2n) is 15.7. The zero-order valence-corrected chi connectivity index (χ0v) is 30.5. The van der Waals surface area contributed by atoms with E-state index in [1.54, 1.807) is 36.4 Å². The summed E-state index contributed by atoms with van der Waals surface area (Å²) in [5, 5.41) is 21.9. The fourth-order valence-electron chi connectivity index (χ4n) is 8.71. The average Bonchev–Trinajstić information content (AvgIpc) is 3.79. The summed E-state index contributed by atoms with van der Waals surface area (Å²) in [6.45, 7) is 15.0. The van der Waals surface area contributed by atoms with E-state index in [1.165, 1.54) is 82.3 Å². The topological polar surface area (TPSA) is 117 Å². The molecule has 49 heavy (non-hydrogen) atoms. The lowest BCUT2D eigenvalue weighted by Crippen LogP contribution is -2.54. The molecule has 6 rings (SSSR count). The van der Waals surface area contributed by atoms with Crippen molar-refractivity contribution in [3.8, 4) is 0 Å². The molecule has 10 nitrogen and oxygen atoms in total. The van der Waals surface area contributed by atoms with Crippen molar-refractivity contribution in [2.75, 3.05) is 13.1 Å². The van der Waals surface area contributed by atoms with Gasteiger partial charge in [0.05, 0.1) is 21.2 Å². The fourth-order valence-corrected chi connectivity index (χ4v) is 8.71. The number of non-ortho nitro benzene ring substituents is 2. The van der Waals surface area contributed by atoms with E-state index in [0.29, 0.717) is 22.9 Å². The van der Waals surface area contributed by atoms with E-state index >= 15 is 0 Å². The first-order chi connectivity index (χ1) is 23.3. The number of aryl methyl sites for hydroxylation is 2. The highest BCUT2D eigenvalue weighted by atomic mass is 16.6. The third-order valence-electron chi connectivity index (χ3n) is 11.1. The minimum Gasteiger partial charge on any atom is -0.354 e. The maximum absolute atomic E-state index is 11.0. The first-order valence-corrected chi connectivity index (χ1v) is 18.5. The predicted molar refractivity (Wildman–Crippen MR) is 198 cm³/mol. The van der Waals surface area contributed by atoms with Gasteiger partial charge in [-0.15, -0.1) is 0 Å². The Balaban J connectivity index is 0.000000191. The molecule has 0 bridgehead atoms. The largest absolute Gasteiger partial charge is 0.354 e. The van der Waals surface area contributed by atoms with Gasteiger partial charge in [-0.25, -0.2) is 9.98 Å². The van der Waals surface area contributed by atoms with E-state index in [9.17, 15) is 20.2 Å². The fraction of sp³-hybridized carbons (Fsp3) is 0.641. The van der Waals surface area contributed by atoms with Crippen LogP contribution in [0.2, 0.25) is 0 Å². The molecule has 4 aliphatic rings. The van der Waals surface area contributed by atoms with Crippen LogP contribution < -0.4 is 0 Å². The average molecular weight is 673 g/mol. The van der Waals surface area contributed by atoms with Crippen LogP contribution in [0.5, 0.6) is 0 Å². The van der Waals surface area contributed by atoms with E-state index in [4.69, 9.17) is 9.98 Å². The zero-order chi connectivity index (χ0) is 35.3. The highest BCUT2D eigenvalue weighted by Gasteiger charge is 2.46. The molecule has 0 unspecified atom stereocenters. The van der Waals surface area contributed by atoms with Gasteiger partial charge in [-0.3, -0.25) is 20.2 Å². The van der Waals surface area contributed by atoms with Crippen LogP contribution in [0.15, 0.2) is 46.4 Å². The van der Waals surface area contributed by atoms with Crippen molar-refractivity contribution >= 4 is 34.4 Å². The summed E-state index contributed by atoms with van der Waals surface area (Å²) in [5.74, 6) is 3.55. The lowest BCUT2D eigenvalue weighted by atomic mass is 9.83. The number of piperidine rings is 1. The van der Waals surface area contributed by atoms with E-state index in [2.05, 4.69) is 37.5 Å². The summed E-state index contributed by atoms with van der Waals surface area (Å²) in [6, 6.07) is 9.94. The maximum atomic E-state index is 11.0. The molecule has 0 radical (unpaired) electrons. The second-order valence-corrected chi connectivity index (χ2v) is 15.7. The Hall–Kier alpha value is -3.82. The molecule has 2 aromatic rings. The summed E-state index contributed by atoms with van der Waals surface area (Å²) in [7, 11) is 0. The number of rotatable bonds is 8. The Morgan fingerprint density at radius 3 is 1.41 bits per heavy atom. The molecule has 2 saturated carbocycles. The summed E-state index contributed by atoms with van der Waals surface area (Å²) in [4.78, 5) is 36.3. The molecular weight excluding hydrogens is 616 g/mol. The van der Waals surface area contributed by atoms with E-state index in [1.807, 2.05) is 13.8 Å². The molecule has 4 fully saturated rings. The maximum Gasteiger partial charge on any atom is 0.269 e. The van der Waals surface area contributed by atoms with Gasteiger partial charge in [-0.2, -0.15) is 0 Å². The number of benzene rings is 2. The van der Waals surface area contributed by atoms with Gasteiger partial charge in [0.25, 0.3) is 11.4 Å². The SMILES string of the molecule is Cc1cc([N+](=O)[O-])ccc1N=C1CCC2(CCCC2)N1CC(C)C.Cc1cc([N+](=O)[O-])ccc1N=C1CCCC2(CCCC2)N1CC(C)C. The van der Waals surface area contributed by atoms with Crippen LogP contribution in [-0.4, -0.2) is 55.5 Å². The van der Waals surface area contributed by atoms with Gasteiger partial charge in [0, 0.05) is 61.3 Å². The summed E-state index contributed by atoms with van der Waals surface area (Å²) < 4.78 is 0. The van der Waals surface area contributed by atoms with Crippen LogP contribution in [0.25, 0.3) is 0 Å². The Labute approximate surface area is 292 Å². The summed E-state index contributed by atoms with van der Waals surface area (Å²) in [5.41, 5.74) is 4.36. The minimum atomic E-state index is -0.349. The molecule has 266 valence electrons. The Morgan fingerprint density at radius 1 is 0.633 bits per heavy atom. The molecule has 2 saturated heterocycles. The highest BCUT2D eigenvalue weighted by Crippen LogP contribution is 2.46. The molecule has 0 amide bonds. The van der Waals surface area contributed by atoms with Crippen LogP contribution >= 0.6 is 0 Å². The van der Waals surface area contributed by atoms with Crippen LogP contribution in [-0.2, 0) is 0 Å². The van der Waals surface area contributed by atoms with Crippen molar-refractivity contribution in [3.63, 3.8) is 0 Å². The highest BCUT2D eigenvalue weighted by molar-refractivity contribution is 5.88. The van der Waals surface area contributed by atoms with E-state index < -0.39 is 0 Å². The van der Waals surface area contributed by atoms with Crippen molar-refractivity contribution in [2.24, 2.45) is 21.8 Å². The number of hydrogen-bond acceptors (Lipinski definition) is 6. The first-order valence-electron chi connectivity index (χ1n) is 18.5. The molecule has 10 heteroatoms. The molecule has 2 aromatic carbocycles. The van der Waals surface area contributed by atoms with Crippen LogP contribution in [0.3, 0.4) is 0 Å². The number of nitrogens with zero attached hydrogens (tertiary/aromatic N) is 6. The van der Waals surface area contributed by atoms with Crippen molar-refractivity contribution in [3.05, 3.63) is 67.8 Å². The van der Waals surface area contributed by atoms with Gasteiger partial charge in [0.15, 0.2) is 0 Å². The molecule has 2 aliphatic carbocycles. The van der Waals surface area contributed by atoms with E-state index in [-0.39, 0.29) is 21.2 Å². The lowest BCUT2D eigenvalue weighted by Gasteiger charge is -2.48. The quantitative estimate of drug-likeness (QED) is 0.203. The second kappa shape index (κ2) is 15.4. The number of amidine groups is 2. The number of likely N-dealkylation sites (tertiary alicyclic amines) is 2. The molecule has 2 aliphatic heterocycles. The van der Waals surface area contributed by atoms with Crippen LogP contribution in [0.1, 0.15) is 122 Å².